The van der Waals surface area contributed by atoms with Gasteiger partial charge in [-0.15, -0.1) is 0 Å². The lowest BCUT2D eigenvalue weighted by molar-refractivity contribution is -0.116. The largest absolute Gasteiger partial charge is 0.372 e. The van der Waals surface area contributed by atoms with Crippen LogP contribution >= 0.6 is 0 Å². The first kappa shape index (κ1) is 12.4. The van der Waals surface area contributed by atoms with Crippen LogP contribution in [0.5, 0.6) is 0 Å². The van der Waals surface area contributed by atoms with E-state index >= 15 is 0 Å². The van der Waals surface area contributed by atoms with E-state index in [0.29, 0.717) is 6.42 Å². The summed E-state index contributed by atoms with van der Waals surface area (Å²) in [5.41, 5.74) is 3.32. The van der Waals surface area contributed by atoms with Crippen LogP contribution in [-0.2, 0) is 11.2 Å². The Morgan fingerprint density at radius 1 is 1.21 bits per heavy atom. The minimum absolute atomic E-state index is 0.119. The van der Waals surface area contributed by atoms with Crippen molar-refractivity contribution in [1.29, 1.82) is 0 Å². The van der Waals surface area contributed by atoms with Gasteiger partial charge >= 0.3 is 0 Å². The lowest BCUT2D eigenvalue weighted by Gasteiger charge is -2.28. The first-order chi connectivity index (χ1) is 9.31. The summed E-state index contributed by atoms with van der Waals surface area (Å²) >= 11 is 0. The van der Waals surface area contributed by atoms with Crippen molar-refractivity contribution in [1.82, 2.24) is 10.2 Å². The number of rotatable bonds is 3. The van der Waals surface area contributed by atoms with Crippen LogP contribution in [0, 0.1) is 0 Å². The third-order valence-corrected chi connectivity index (χ3v) is 3.72. The topological polar surface area (TPSA) is 56.4 Å². The van der Waals surface area contributed by atoms with Gasteiger partial charge in [-0.1, -0.05) is 0 Å². The molecule has 0 spiro atoms. The molecule has 1 saturated heterocycles. The number of anilines is 2. The van der Waals surface area contributed by atoms with E-state index in [0.717, 1.165) is 50.6 Å². The zero-order valence-electron chi connectivity index (χ0n) is 11.0. The van der Waals surface area contributed by atoms with Crippen molar-refractivity contribution in [2.75, 3.05) is 43.5 Å². The molecule has 0 radical (unpaired) electrons. The highest BCUT2D eigenvalue weighted by atomic mass is 16.1. The Labute approximate surface area is 113 Å². The first-order valence-electron chi connectivity index (χ1n) is 6.91. The van der Waals surface area contributed by atoms with Gasteiger partial charge < -0.3 is 16.0 Å². The maximum Gasteiger partial charge on any atom is 0.224 e. The number of carbonyl (C=O) groups excluding carboxylic acids is 1. The maximum atomic E-state index is 11.3. The fourth-order valence-electron chi connectivity index (χ4n) is 2.57. The molecule has 1 amide bonds. The molecule has 1 fully saturated rings. The summed E-state index contributed by atoms with van der Waals surface area (Å²) in [6, 6.07) is 6.18. The Morgan fingerprint density at radius 3 is 2.89 bits per heavy atom. The molecular weight excluding hydrogens is 240 g/mol. The van der Waals surface area contributed by atoms with E-state index in [1.54, 1.807) is 0 Å². The summed E-state index contributed by atoms with van der Waals surface area (Å²) in [7, 11) is 0. The fourth-order valence-corrected chi connectivity index (χ4v) is 2.57. The van der Waals surface area contributed by atoms with Crippen molar-refractivity contribution in [3.63, 3.8) is 0 Å². The highest BCUT2D eigenvalue weighted by Crippen LogP contribution is 2.25. The van der Waals surface area contributed by atoms with Crippen LogP contribution in [0.25, 0.3) is 0 Å². The second-order valence-electron chi connectivity index (χ2n) is 5.12. The van der Waals surface area contributed by atoms with E-state index < -0.39 is 0 Å². The van der Waals surface area contributed by atoms with Gasteiger partial charge in [0.1, 0.15) is 0 Å². The van der Waals surface area contributed by atoms with Crippen molar-refractivity contribution in [2.45, 2.75) is 12.8 Å². The van der Waals surface area contributed by atoms with Gasteiger partial charge in [-0.2, -0.15) is 0 Å². The van der Waals surface area contributed by atoms with E-state index in [1.165, 1.54) is 5.56 Å². The summed E-state index contributed by atoms with van der Waals surface area (Å²) in [6.07, 6.45) is 1.43. The van der Waals surface area contributed by atoms with Gasteiger partial charge in [0.25, 0.3) is 0 Å². The van der Waals surface area contributed by atoms with E-state index in [1.807, 2.05) is 12.1 Å². The molecule has 1 aromatic rings. The molecule has 0 unspecified atom stereocenters. The van der Waals surface area contributed by atoms with Crippen LogP contribution in [0.3, 0.4) is 0 Å². The number of benzene rings is 1. The van der Waals surface area contributed by atoms with Crippen LogP contribution < -0.4 is 16.0 Å². The summed E-state index contributed by atoms with van der Waals surface area (Å²) in [4.78, 5) is 13.7. The van der Waals surface area contributed by atoms with Crippen molar-refractivity contribution in [2.24, 2.45) is 0 Å². The third-order valence-electron chi connectivity index (χ3n) is 3.72. The van der Waals surface area contributed by atoms with Crippen LogP contribution in [0.15, 0.2) is 18.2 Å². The third kappa shape index (κ3) is 3.05. The second-order valence-corrected chi connectivity index (χ2v) is 5.12. The zero-order chi connectivity index (χ0) is 13.1. The molecular formula is C14H20N4O. The van der Waals surface area contributed by atoms with Gasteiger partial charge in [0.2, 0.25) is 5.91 Å². The molecule has 3 rings (SSSR count). The number of carbonyl (C=O) groups is 1. The number of aryl methyl sites for hydroxylation is 1. The monoisotopic (exact) mass is 260 g/mol. The average Bonchev–Trinajstić information content (AvgIpc) is 2.46. The normalized spacial score (nSPS) is 19.7. The fraction of sp³-hybridized carbons (Fsp3) is 0.500. The molecule has 0 aromatic heterocycles. The molecule has 5 heteroatoms. The molecule has 1 aromatic carbocycles. The zero-order valence-corrected chi connectivity index (χ0v) is 11.0. The predicted octanol–water partition coefficient (Wildman–Crippen LogP) is 0.846. The van der Waals surface area contributed by atoms with Crippen molar-refractivity contribution >= 4 is 17.3 Å². The molecule has 102 valence electrons. The van der Waals surface area contributed by atoms with Gasteiger partial charge in [0.15, 0.2) is 0 Å². The SMILES string of the molecule is O=C1CCc2cc(NCN3CCNCC3)ccc2N1. The Balaban J connectivity index is 1.60. The molecule has 3 N–H and O–H groups in total. The first-order valence-corrected chi connectivity index (χ1v) is 6.91. The van der Waals surface area contributed by atoms with Crippen LogP contribution in [-0.4, -0.2) is 43.7 Å². The molecule has 19 heavy (non-hydrogen) atoms. The van der Waals surface area contributed by atoms with Crippen molar-refractivity contribution in [3.8, 4) is 0 Å². The summed E-state index contributed by atoms with van der Waals surface area (Å²) in [5.74, 6) is 0.119. The molecule has 0 bridgehead atoms. The molecule has 2 heterocycles. The highest BCUT2D eigenvalue weighted by molar-refractivity contribution is 5.94. The number of nitrogens with zero attached hydrogens (tertiary/aromatic N) is 1. The number of amides is 1. The smallest absolute Gasteiger partial charge is 0.224 e. The minimum atomic E-state index is 0.119. The molecule has 2 aliphatic rings. The Kier molecular flexibility index (Phi) is 3.66. The molecule has 0 atom stereocenters. The van der Waals surface area contributed by atoms with E-state index in [-0.39, 0.29) is 5.91 Å². The highest BCUT2D eigenvalue weighted by Gasteiger charge is 2.15. The average molecular weight is 260 g/mol. The number of hydrogen-bond acceptors (Lipinski definition) is 4. The number of piperazine rings is 1. The van der Waals surface area contributed by atoms with E-state index in [4.69, 9.17) is 0 Å². The standard InChI is InChI=1S/C14H20N4O/c19-14-4-1-11-9-12(2-3-13(11)17-14)16-10-18-7-5-15-6-8-18/h2-3,9,15-16H,1,4-8,10H2,(H,17,19). The lowest BCUT2D eigenvalue weighted by Crippen LogP contribution is -2.45. The van der Waals surface area contributed by atoms with Gasteiger partial charge in [0, 0.05) is 44.0 Å². The molecule has 2 aliphatic heterocycles. The molecule has 0 aliphatic carbocycles. The van der Waals surface area contributed by atoms with Crippen molar-refractivity contribution in [3.05, 3.63) is 23.8 Å². The van der Waals surface area contributed by atoms with Crippen LogP contribution in [0.2, 0.25) is 0 Å². The molecule has 0 saturated carbocycles. The van der Waals surface area contributed by atoms with Gasteiger partial charge in [-0.3, -0.25) is 9.69 Å². The predicted molar refractivity (Wildman–Crippen MR) is 76.3 cm³/mol. The number of fused-ring (bicyclic) bond motifs is 1. The van der Waals surface area contributed by atoms with Crippen LogP contribution in [0.1, 0.15) is 12.0 Å². The van der Waals surface area contributed by atoms with Crippen LogP contribution in [0.4, 0.5) is 11.4 Å². The second kappa shape index (κ2) is 5.59. The Morgan fingerprint density at radius 2 is 2.05 bits per heavy atom. The minimum Gasteiger partial charge on any atom is -0.372 e. The van der Waals surface area contributed by atoms with Crippen molar-refractivity contribution < 1.29 is 4.79 Å². The molecule has 5 nitrogen and oxygen atoms in total. The number of nitrogens with one attached hydrogen (secondary N) is 3. The van der Waals surface area contributed by atoms with Gasteiger partial charge in [-0.25, -0.2) is 0 Å². The van der Waals surface area contributed by atoms with E-state index in [9.17, 15) is 4.79 Å². The number of hydrogen-bond donors (Lipinski definition) is 3. The lowest BCUT2D eigenvalue weighted by atomic mass is 10.0. The Hall–Kier alpha value is -1.59. The van der Waals surface area contributed by atoms with Gasteiger partial charge in [0.05, 0.1) is 6.67 Å². The van der Waals surface area contributed by atoms with Gasteiger partial charge in [-0.05, 0) is 30.2 Å². The quantitative estimate of drug-likeness (QED) is 0.754. The maximum absolute atomic E-state index is 11.3. The Bertz CT molecular complexity index is 469. The summed E-state index contributed by atoms with van der Waals surface area (Å²) in [6.45, 7) is 5.20. The summed E-state index contributed by atoms with van der Waals surface area (Å²) < 4.78 is 0. The summed E-state index contributed by atoms with van der Waals surface area (Å²) in [5, 5.41) is 9.72. The van der Waals surface area contributed by atoms with E-state index in [2.05, 4.69) is 26.9 Å².